The summed E-state index contributed by atoms with van der Waals surface area (Å²) >= 11 is 0. The molecule has 104 valence electrons. The van der Waals surface area contributed by atoms with Gasteiger partial charge in [-0.2, -0.15) is 0 Å². The largest absolute Gasteiger partial charge is 0.466 e. The van der Waals surface area contributed by atoms with Crippen molar-refractivity contribution in [2.45, 2.75) is 52.2 Å². The molecule has 0 bridgehead atoms. The molecule has 1 aliphatic rings. The predicted molar refractivity (Wildman–Crippen MR) is 64.8 cm³/mol. The Morgan fingerprint density at radius 3 is 2.44 bits per heavy atom. The van der Waals surface area contributed by atoms with Crippen molar-refractivity contribution in [1.29, 1.82) is 0 Å². The Morgan fingerprint density at radius 2 is 2.00 bits per heavy atom. The molecular weight excluding hydrogens is 238 g/mol. The fraction of sp³-hybridized carbons (Fsp3) is 0.917. The Labute approximate surface area is 107 Å². The van der Waals surface area contributed by atoms with Crippen LogP contribution in [0.2, 0.25) is 0 Å². The molecule has 1 rings (SSSR count). The number of ether oxygens (including phenoxy) is 2. The van der Waals surface area contributed by atoms with Crippen LogP contribution in [0.1, 0.15) is 40.0 Å². The molecule has 0 radical (unpaired) electrons. The van der Waals surface area contributed by atoms with E-state index in [1.807, 2.05) is 13.8 Å². The van der Waals surface area contributed by atoms with Crippen LogP contribution in [0.3, 0.4) is 0 Å². The fourth-order valence-electron chi connectivity index (χ4n) is 2.92. The molecule has 1 saturated heterocycles. The van der Waals surface area contributed by atoms with Gasteiger partial charge in [-0.25, -0.2) is 0 Å². The number of esters is 1. The average molecular weight is 259 g/mol. The molecule has 1 heterocycles. The van der Waals surface area contributed by atoms with E-state index in [2.05, 4.69) is 0 Å². The van der Waals surface area contributed by atoms with Gasteiger partial charge in [0.05, 0.1) is 30.7 Å². The summed E-state index contributed by atoms with van der Waals surface area (Å²) in [7, 11) is 0. The van der Waals surface area contributed by atoms with Crippen molar-refractivity contribution in [3.05, 3.63) is 10.1 Å². The van der Waals surface area contributed by atoms with Gasteiger partial charge in [0.1, 0.15) is 0 Å². The lowest BCUT2D eigenvalue weighted by atomic mass is 9.73. The van der Waals surface area contributed by atoms with Crippen LogP contribution in [0.15, 0.2) is 0 Å². The third-order valence-corrected chi connectivity index (χ3v) is 3.19. The zero-order valence-electron chi connectivity index (χ0n) is 11.2. The molecule has 0 aromatic carbocycles. The third-order valence-electron chi connectivity index (χ3n) is 3.19. The number of hydrogen-bond donors (Lipinski definition) is 0. The van der Waals surface area contributed by atoms with Crippen molar-refractivity contribution in [2.75, 3.05) is 13.2 Å². The Kier molecular flexibility index (Phi) is 5.07. The van der Waals surface area contributed by atoms with Crippen LogP contribution in [-0.2, 0) is 14.3 Å². The minimum atomic E-state index is -0.632. The lowest BCUT2D eigenvalue weighted by Gasteiger charge is -2.39. The quantitative estimate of drug-likeness (QED) is 0.427. The van der Waals surface area contributed by atoms with Crippen LogP contribution in [0.5, 0.6) is 0 Å². The van der Waals surface area contributed by atoms with E-state index in [4.69, 9.17) is 9.47 Å². The van der Waals surface area contributed by atoms with E-state index < -0.39 is 5.41 Å². The molecule has 0 saturated carbocycles. The first-order valence-corrected chi connectivity index (χ1v) is 6.30. The molecule has 6 nitrogen and oxygen atoms in total. The number of nitrogens with zero attached hydrogens (tertiary/aromatic N) is 1. The first-order chi connectivity index (χ1) is 8.37. The molecule has 6 heteroatoms. The fourth-order valence-corrected chi connectivity index (χ4v) is 2.92. The molecular formula is C12H21NO5. The van der Waals surface area contributed by atoms with Crippen LogP contribution in [0, 0.1) is 15.5 Å². The first kappa shape index (κ1) is 14.9. The van der Waals surface area contributed by atoms with Gasteiger partial charge < -0.3 is 9.47 Å². The SMILES string of the molecule is CCOC(=O)CC1(C[N+](=O)[O-])CC(C)OC(C)C1. The van der Waals surface area contributed by atoms with Gasteiger partial charge in [0.15, 0.2) is 0 Å². The van der Waals surface area contributed by atoms with Crippen molar-refractivity contribution in [1.82, 2.24) is 0 Å². The minimum Gasteiger partial charge on any atom is -0.466 e. The first-order valence-electron chi connectivity index (χ1n) is 6.30. The summed E-state index contributed by atoms with van der Waals surface area (Å²) in [6.45, 7) is 5.59. The maximum atomic E-state index is 11.6. The molecule has 1 fully saturated rings. The summed E-state index contributed by atoms with van der Waals surface area (Å²) in [6.07, 6.45) is 1.01. The molecule has 18 heavy (non-hydrogen) atoms. The van der Waals surface area contributed by atoms with Crippen molar-refractivity contribution >= 4 is 5.97 Å². The van der Waals surface area contributed by atoms with E-state index in [-0.39, 0.29) is 36.1 Å². The predicted octanol–water partition coefficient (Wildman–Crippen LogP) is 1.79. The Bertz CT molecular complexity index is 308. The van der Waals surface area contributed by atoms with Crippen molar-refractivity contribution in [3.8, 4) is 0 Å². The number of nitro groups is 1. The second-order valence-electron chi connectivity index (χ2n) is 5.14. The summed E-state index contributed by atoms with van der Waals surface area (Å²) < 4.78 is 10.5. The lowest BCUT2D eigenvalue weighted by Crippen LogP contribution is -2.44. The highest BCUT2D eigenvalue weighted by molar-refractivity contribution is 5.70. The second kappa shape index (κ2) is 6.13. The molecule has 2 atom stereocenters. The second-order valence-corrected chi connectivity index (χ2v) is 5.14. The standard InChI is InChI=1S/C12H21NO5/c1-4-17-11(14)7-12(8-13(15)16)5-9(2)18-10(3)6-12/h9-10H,4-8H2,1-3H3. The van der Waals surface area contributed by atoms with Gasteiger partial charge in [0, 0.05) is 4.92 Å². The summed E-state index contributed by atoms with van der Waals surface area (Å²) in [6, 6.07) is 0. The van der Waals surface area contributed by atoms with Crippen molar-refractivity contribution < 1.29 is 19.2 Å². The highest BCUT2D eigenvalue weighted by Crippen LogP contribution is 2.40. The van der Waals surface area contributed by atoms with Gasteiger partial charge in [0.25, 0.3) is 0 Å². The molecule has 0 amide bonds. The van der Waals surface area contributed by atoms with E-state index in [9.17, 15) is 14.9 Å². The number of carbonyl (C=O) groups is 1. The Balaban J connectivity index is 2.80. The van der Waals surface area contributed by atoms with Crippen molar-refractivity contribution in [3.63, 3.8) is 0 Å². The molecule has 0 spiro atoms. The van der Waals surface area contributed by atoms with E-state index in [1.165, 1.54) is 0 Å². The highest BCUT2D eigenvalue weighted by atomic mass is 16.6. The van der Waals surface area contributed by atoms with E-state index in [0.29, 0.717) is 19.4 Å². The summed E-state index contributed by atoms with van der Waals surface area (Å²) in [5.74, 6) is -0.361. The highest BCUT2D eigenvalue weighted by Gasteiger charge is 2.44. The molecule has 0 aromatic heterocycles. The normalized spacial score (nSPS) is 31.9. The third kappa shape index (κ3) is 4.25. The smallest absolute Gasteiger partial charge is 0.306 e. The van der Waals surface area contributed by atoms with Gasteiger partial charge >= 0.3 is 5.97 Å². The molecule has 0 aliphatic carbocycles. The van der Waals surface area contributed by atoms with Crippen LogP contribution in [0.25, 0.3) is 0 Å². The topological polar surface area (TPSA) is 78.7 Å². The van der Waals surface area contributed by atoms with Crippen LogP contribution in [-0.4, -0.2) is 36.3 Å². The van der Waals surface area contributed by atoms with Gasteiger partial charge in [0.2, 0.25) is 6.54 Å². The minimum absolute atomic E-state index is 0.0665. The number of rotatable bonds is 5. The van der Waals surface area contributed by atoms with Gasteiger partial charge in [-0.1, -0.05) is 0 Å². The molecule has 1 aliphatic heterocycles. The van der Waals surface area contributed by atoms with Gasteiger partial charge in [-0.05, 0) is 33.6 Å². The average Bonchev–Trinajstić information content (AvgIpc) is 2.12. The van der Waals surface area contributed by atoms with Crippen molar-refractivity contribution in [2.24, 2.45) is 5.41 Å². The maximum Gasteiger partial charge on any atom is 0.306 e. The maximum absolute atomic E-state index is 11.6. The van der Waals surface area contributed by atoms with Gasteiger partial charge in [-0.15, -0.1) is 0 Å². The lowest BCUT2D eigenvalue weighted by molar-refractivity contribution is -0.500. The Hall–Kier alpha value is -1.17. The van der Waals surface area contributed by atoms with E-state index >= 15 is 0 Å². The van der Waals surface area contributed by atoms with Crippen LogP contribution < -0.4 is 0 Å². The van der Waals surface area contributed by atoms with E-state index in [0.717, 1.165) is 0 Å². The van der Waals surface area contributed by atoms with Crippen LogP contribution in [0.4, 0.5) is 0 Å². The Morgan fingerprint density at radius 1 is 1.44 bits per heavy atom. The zero-order chi connectivity index (χ0) is 13.8. The molecule has 2 unspecified atom stereocenters. The van der Waals surface area contributed by atoms with Gasteiger partial charge in [-0.3, -0.25) is 14.9 Å². The summed E-state index contributed by atoms with van der Waals surface area (Å²) in [5, 5.41) is 10.8. The van der Waals surface area contributed by atoms with Crippen LogP contribution >= 0.6 is 0 Å². The molecule has 0 N–H and O–H groups in total. The summed E-state index contributed by atoms with van der Waals surface area (Å²) in [4.78, 5) is 22.1. The number of carbonyl (C=O) groups excluding carboxylic acids is 1. The molecule has 0 aromatic rings. The van der Waals surface area contributed by atoms with E-state index in [1.54, 1.807) is 6.92 Å². The zero-order valence-corrected chi connectivity index (χ0v) is 11.2. The monoisotopic (exact) mass is 259 g/mol. The number of hydrogen-bond acceptors (Lipinski definition) is 5. The summed E-state index contributed by atoms with van der Waals surface area (Å²) in [5.41, 5.74) is -0.632.